The van der Waals surface area contributed by atoms with E-state index in [1.807, 2.05) is 30.3 Å². The monoisotopic (exact) mass is 523 g/mol. The van der Waals surface area contributed by atoms with Crippen LogP contribution in [-0.4, -0.2) is 54.5 Å². The molecule has 7 nitrogen and oxygen atoms in total. The van der Waals surface area contributed by atoms with Crippen LogP contribution in [0.3, 0.4) is 0 Å². The number of aryl methyl sites for hydroxylation is 1. The topological polar surface area (TPSA) is 85.3 Å². The molecule has 0 aliphatic carbocycles. The number of carboxylic acid groups (broad SMARTS) is 1. The van der Waals surface area contributed by atoms with Gasteiger partial charge in [0.2, 0.25) is 0 Å². The lowest BCUT2D eigenvalue weighted by Crippen LogP contribution is -2.36. The summed E-state index contributed by atoms with van der Waals surface area (Å²) in [6.45, 7) is 3.30. The van der Waals surface area contributed by atoms with Gasteiger partial charge in [-0.3, -0.25) is 0 Å². The summed E-state index contributed by atoms with van der Waals surface area (Å²) in [5.74, 6) is -0.659. The summed E-state index contributed by atoms with van der Waals surface area (Å²) >= 11 is 0. The lowest BCUT2D eigenvalue weighted by atomic mass is 10.1. The van der Waals surface area contributed by atoms with Gasteiger partial charge in [0.1, 0.15) is 24.8 Å². The quantitative estimate of drug-likeness (QED) is 0.283. The number of carbonyl (C=O) groups is 2. The lowest BCUT2D eigenvalue weighted by Gasteiger charge is -2.22. The third-order valence-electron chi connectivity index (χ3n) is 5.89. The molecule has 0 bridgehead atoms. The van der Waals surface area contributed by atoms with Gasteiger partial charge in [0.05, 0.1) is 6.54 Å². The highest BCUT2D eigenvalue weighted by Gasteiger charge is 2.18. The van der Waals surface area contributed by atoms with Crippen LogP contribution in [0.1, 0.15) is 30.0 Å². The van der Waals surface area contributed by atoms with Gasteiger partial charge in [0.15, 0.2) is 6.10 Å². The first-order valence-corrected chi connectivity index (χ1v) is 12.7. The second-order valence-corrected chi connectivity index (χ2v) is 8.74. The first-order valence-electron chi connectivity index (χ1n) is 12.7. The SMILES string of the molecule is CCOC(Cc1ccc(OCCN(CCCc2ccc(F)cc2)C(=O)OCc2ccccc2)cc1)C(=O)O. The molecule has 0 spiro atoms. The number of hydrogen-bond donors (Lipinski definition) is 1. The van der Waals surface area contributed by atoms with Crippen molar-refractivity contribution in [2.75, 3.05) is 26.3 Å². The molecule has 3 aromatic rings. The third-order valence-corrected chi connectivity index (χ3v) is 5.89. The zero-order chi connectivity index (χ0) is 27.2. The molecular weight excluding hydrogens is 489 g/mol. The van der Waals surface area contributed by atoms with E-state index in [-0.39, 0.29) is 25.5 Å². The Labute approximate surface area is 222 Å². The molecule has 3 rings (SSSR count). The molecule has 0 aliphatic heterocycles. The summed E-state index contributed by atoms with van der Waals surface area (Å²) in [5, 5.41) is 9.27. The standard InChI is InChI=1S/C30H34FNO6/c1-2-36-28(29(33)34)21-24-12-16-27(17-13-24)37-20-19-32(18-6-9-23-10-14-26(31)15-11-23)30(35)38-22-25-7-4-3-5-8-25/h3-5,7-8,10-17,28H,2,6,9,18-22H2,1H3,(H,33,34). The molecule has 0 radical (unpaired) electrons. The van der Waals surface area contributed by atoms with E-state index in [1.165, 1.54) is 12.1 Å². The highest BCUT2D eigenvalue weighted by Crippen LogP contribution is 2.15. The second kappa shape index (κ2) is 15.4. The molecule has 1 amide bonds. The van der Waals surface area contributed by atoms with Gasteiger partial charge in [0, 0.05) is 19.6 Å². The van der Waals surface area contributed by atoms with Crippen LogP contribution in [0.5, 0.6) is 5.75 Å². The minimum Gasteiger partial charge on any atom is -0.492 e. The van der Waals surface area contributed by atoms with Crippen LogP contribution in [0.2, 0.25) is 0 Å². The Bertz CT molecular complexity index is 1120. The van der Waals surface area contributed by atoms with Crippen molar-refractivity contribution < 1.29 is 33.3 Å². The minimum atomic E-state index is -0.995. The number of carbonyl (C=O) groups excluding carboxylic acids is 1. The molecule has 0 saturated carbocycles. The average Bonchev–Trinajstić information content (AvgIpc) is 2.93. The summed E-state index contributed by atoms with van der Waals surface area (Å²) in [4.78, 5) is 25.8. The molecule has 202 valence electrons. The summed E-state index contributed by atoms with van der Waals surface area (Å²) < 4.78 is 29.8. The maximum atomic E-state index is 13.2. The summed E-state index contributed by atoms with van der Waals surface area (Å²) in [6, 6.07) is 23.0. The van der Waals surface area contributed by atoms with Crippen LogP contribution in [0, 0.1) is 5.82 Å². The van der Waals surface area contributed by atoms with E-state index >= 15 is 0 Å². The molecule has 1 atom stereocenters. The Hall–Kier alpha value is -3.91. The Morgan fingerprint density at radius 3 is 2.24 bits per heavy atom. The second-order valence-electron chi connectivity index (χ2n) is 8.74. The molecule has 38 heavy (non-hydrogen) atoms. The third kappa shape index (κ3) is 9.86. The van der Waals surface area contributed by atoms with Gasteiger partial charge in [-0.1, -0.05) is 54.6 Å². The highest BCUT2D eigenvalue weighted by molar-refractivity contribution is 5.72. The maximum absolute atomic E-state index is 13.2. The van der Waals surface area contributed by atoms with Gasteiger partial charge >= 0.3 is 12.1 Å². The van der Waals surface area contributed by atoms with Crippen molar-refractivity contribution >= 4 is 12.1 Å². The Kier molecular flexibility index (Phi) is 11.6. The van der Waals surface area contributed by atoms with Crippen LogP contribution < -0.4 is 4.74 Å². The number of carboxylic acids is 1. The molecule has 0 aliphatic rings. The number of rotatable bonds is 15. The highest BCUT2D eigenvalue weighted by atomic mass is 19.1. The van der Waals surface area contributed by atoms with Gasteiger partial charge in [-0.25, -0.2) is 14.0 Å². The van der Waals surface area contributed by atoms with Crippen LogP contribution in [0.4, 0.5) is 9.18 Å². The van der Waals surface area contributed by atoms with Crippen LogP contribution in [0.15, 0.2) is 78.9 Å². The zero-order valence-corrected chi connectivity index (χ0v) is 21.6. The van der Waals surface area contributed by atoms with Crippen molar-refractivity contribution in [3.63, 3.8) is 0 Å². The van der Waals surface area contributed by atoms with Crippen LogP contribution >= 0.6 is 0 Å². The van der Waals surface area contributed by atoms with Crippen LogP contribution in [0.25, 0.3) is 0 Å². The zero-order valence-electron chi connectivity index (χ0n) is 21.6. The van der Waals surface area contributed by atoms with Crippen molar-refractivity contribution in [1.82, 2.24) is 4.90 Å². The fourth-order valence-electron chi connectivity index (χ4n) is 3.86. The molecule has 0 aromatic heterocycles. The van der Waals surface area contributed by atoms with Crippen molar-refractivity contribution in [2.24, 2.45) is 0 Å². The number of nitrogens with zero attached hydrogens (tertiary/aromatic N) is 1. The summed E-state index contributed by atoms with van der Waals surface area (Å²) in [7, 11) is 0. The fraction of sp³-hybridized carbons (Fsp3) is 0.333. The molecule has 3 aromatic carbocycles. The van der Waals surface area contributed by atoms with Crippen molar-refractivity contribution in [3.8, 4) is 5.75 Å². The number of benzene rings is 3. The lowest BCUT2D eigenvalue weighted by molar-refractivity contribution is -0.149. The van der Waals surface area contributed by atoms with Gasteiger partial charge < -0.3 is 24.2 Å². The van der Waals surface area contributed by atoms with Crippen molar-refractivity contribution in [2.45, 2.75) is 38.9 Å². The van der Waals surface area contributed by atoms with E-state index in [1.54, 1.807) is 48.2 Å². The fourth-order valence-corrected chi connectivity index (χ4v) is 3.86. The predicted molar refractivity (Wildman–Crippen MR) is 142 cm³/mol. The van der Waals surface area contributed by atoms with Crippen molar-refractivity contribution in [1.29, 1.82) is 0 Å². The Balaban J connectivity index is 1.52. The molecule has 1 N–H and O–H groups in total. The molecule has 0 heterocycles. The van der Waals surface area contributed by atoms with Crippen LogP contribution in [-0.2, 0) is 33.7 Å². The first-order chi connectivity index (χ1) is 18.4. The average molecular weight is 524 g/mol. The van der Waals surface area contributed by atoms with E-state index in [0.29, 0.717) is 38.3 Å². The molecule has 0 fully saturated rings. The number of aliphatic carboxylic acids is 1. The van der Waals surface area contributed by atoms with Gasteiger partial charge in [0.25, 0.3) is 0 Å². The van der Waals surface area contributed by atoms with E-state index in [2.05, 4.69) is 0 Å². The van der Waals surface area contributed by atoms with E-state index in [9.17, 15) is 19.1 Å². The Morgan fingerprint density at radius 2 is 1.58 bits per heavy atom. The largest absolute Gasteiger partial charge is 0.492 e. The number of amides is 1. The number of ether oxygens (including phenoxy) is 3. The minimum absolute atomic E-state index is 0.176. The van der Waals surface area contributed by atoms with Crippen molar-refractivity contribution in [3.05, 3.63) is 101 Å². The smallest absolute Gasteiger partial charge is 0.410 e. The van der Waals surface area contributed by atoms with E-state index in [0.717, 1.165) is 16.7 Å². The summed E-state index contributed by atoms with van der Waals surface area (Å²) in [6.07, 6.45) is 0.327. The Morgan fingerprint density at radius 1 is 0.895 bits per heavy atom. The molecule has 8 heteroatoms. The molecule has 1 unspecified atom stereocenters. The number of hydrogen-bond acceptors (Lipinski definition) is 5. The normalized spacial score (nSPS) is 11.5. The van der Waals surface area contributed by atoms with Gasteiger partial charge in [-0.05, 0) is 60.7 Å². The maximum Gasteiger partial charge on any atom is 0.410 e. The van der Waals surface area contributed by atoms with Gasteiger partial charge in [-0.2, -0.15) is 0 Å². The van der Waals surface area contributed by atoms with E-state index < -0.39 is 18.2 Å². The first kappa shape index (κ1) is 28.7. The predicted octanol–water partition coefficient (Wildman–Crippen LogP) is 5.51. The van der Waals surface area contributed by atoms with Gasteiger partial charge in [-0.15, -0.1) is 0 Å². The summed E-state index contributed by atoms with van der Waals surface area (Å²) in [5.41, 5.74) is 2.72. The van der Waals surface area contributed by atoms with E-state index in [4.69, 9.17) is 14.2 Å². The number of halogens is 1. The molecule has 0 saturated heterocycles. The molecular formula is C30H34FNO6.